The Morgan fingerprint density at radius 3 is 2.20 bits per heavy atom. The molecule has 0 unspecified atom stereocenters. The largest absolute Gasteiger partial charge is 0.145 e. The van der Waals surface area contributed by atoms with Crippen molar-refractivity contribution in [2.45, 2.75) is 46.0 Å². The summed E-state index contributed by atoms with van der Waals surface area (Å²) < 4.78 is 0. The van der Waals surface area contributed by atoms with Gasteiger partial charge in [0.15, 0.2) is 0 Å². The van der Waals surface area contributed by atoms with E-state index >= 15 is 0 Å². The maximum absolute atomic E-state index is 10.8. The molecule has 15 heavy (non-hydrogen) atoms. The second-order valence-electron chi connectivity index (χ2n) is 5.27. The summed E-state index contributed by atoms with van der Waals surface area (Å²) in [6.07, 6.45) is 0. The smallest absolute Gasteiger partial charge is 0.111 e. The van der Waals surface area contributed by atoms with Crippen molar-refractivity contribution in [3.8, 4) is 0 Å². The molecule has 0 radical (unpaired) electrons. The Labute approximate surface area is 91.7 Å². The minimum absolute atomic E-state index is 0.0644. The lowest BCUT2D eigenvalue weighted by Gasteiger charge is -2.20. The van der Waals surface area contributed by atoms with Crippen molar-refractivity contribution in [2.24, 2.45) is 5.18 Å². The third kappa shape index (κ3) is 2.65. The minimum atomic E-state index is 0.0644. The van der Waals surface area contributed by atoms with E-state index in [-0.39, 0.29) is 5.41 Å². The fourth-order valence-electron chi connectivity index (χ4n) is 1.58. The second kappa shape index (κ2) is 4.13. The molecule has 0 N–H and O–H groups in total. The topological polar surface area (TPSA) is 29.4 Å². The zero-order valence-electron chi connectivity index (χ0n) is 10.2. The SMILES string of the molecule is CC(C)c1ccc(C(C)(C)C)cc1N=O. The van der Waals surface area contributed by atoms with Crippen molar-refractivity contribution in [1.29, 1.82) is 0 Å². The first kappa shape index (κ1) is 11.9. The number of nitroso groups, excluding NO2 is 1. The van der Waals surface area contributed by atoms with Gasteiger partial charge in [0.25, 0.3) is 0 Å². The molecule has 0 atom stereocenters. The van der Waals surface area contributed by atoms with Crippen LogP contribution in [-0.4, -0.2) is 0 Å². The van der Waals surface area contributed by atoms with Crippen molar-refractivity contribution in [3.63, 3.8) is 0 Å². The molecule has 0 aliphatic carbocycles. The van der Waals surface area contributed by atoms with Crippen LogP contribution in [0.15, 0.2) is 23.4 Å². The molecule has 0 saturated heterocycles. The van der Waals surface area contributed by atoms with Crippen molar-refractivity contribution >= 4 is 5.69 Å². The molecular weight excluding hydrogens is 186 g/mol. The summed E-state index contributed by atoms with van der Waals surface area (Å²) in [5.74, 6) is 0.340. The van der Waals surface area contributed by atoms with E-state index in [4.69, 9.17) is 0 Å². The molecule has 0 aliphatic rings. The van der Waals surface area contributed by atoms with Gasteiger partial charge in [-0.2, -0.15) is 0 Å². The molecule has 0 bridgehead atoms. The zero-order valence-corrected chi connectivity index (χ0v) is 10.2. The Kier molecular flexibility index (Phi) is 3.28. The number of benzene rings is 1. The molecule has 2 heteroatoms. The molecule has 0 aliphatic heterocycles. The van der Waals surface area contributed by atoms with Gasteiger partial charge >= 0.3 is 0 Å². The molecule has 0 aromatic heterocycles. The Hall–Kier alpha value is -1.18. The van der Waals surface area contributed by atoms with E-state index in [9.17, 15) is 4.91 Å². The Balaban J connectivity index is 3.25. The summed E-state index contributed by atoms with van der Waals surface area (Å²) in [6, 6.07) is 6.01. The minimum Gasteiger partial charge on any atom is -0.145 e. The van der Waals surface area contributed by atoms with Gasteiger partial charge in [-0.3, -0.25) is 0 Å². The molecule has 1 aromatic rings. The molecule has 0 saturated carbocycles. The molecule has 0 amide bonds. The highest BCUT2D eigenvalue weighted by atomic mass is 16.3. The highest BCUT2D eigenvalue weighted by Crippen LogP contribution is 2.32. The van der Waals surface area contributed by atoms with Gasteiger partial charge in [0.05, 0.1) is 0 Å². The Bertz CT molecular complexity index is 361. The van der Waals surface area contributed by atoms with Gasteiger partial charge in [-0.15, -0.1) is 4.91 Å². The maximum Gasteiger partial charge on any atom is 0.111 e. The number of rotatable bonds is 2. The van der Waals surface area contributed by atoms with Crippen LogP contribution in [0.5, 0.6) is 0 Å². The van der Waals surface area contributed by atoms with E-state index in [1.165, 1.54) is 0 Å². The van der Waals surface area contributed by atoms with Crippen LogP contribution in [0.1, 0.15) is 51.7 Å². The fourth-order valence-corrected chi connectivity index (χ4v) is 1.58. The van der Waals surface area contributed by atoms with E-state index in [0.29, 0.717) is 11.6 Å². The monoisotopic (exact) mass is 205 g/mol. The summed E-state index contributed by atoms with van der Waals surface area (Å²) in [6.45, 7) is 10.5. The van der Waals surface area contributed by atoms with Crippen LogP contribution in [0.4, 0.5) is 5.69 Å². The summed E-state index contributed by atoms with van der Waals surface area (Å²) in [7, 11) is 0. The average Bonchev–Trinajstić information content (AvgIpc) is 2.15. The zero-order chi connectivity index (χ0) is 11.6. The van der Waals surface area contributed by atoms with Crippen LogP contribution in [0.25, 0.3) is 0 Å². The summed E-state index contributed by atoms with van der Waals surface area (Å²) >= 11 is 0. The Morgan fingerprint density at radius 2 is 1.80 bits per heavy atom. The van der Waals surface area contributed by atoms with Crippen LogP contribution >= 0.6 is 0 Å². The normalized spacial score (nSPS) is 11.9. The van der Waals surface area contributed by atoms with Crippen molar-refractivity contribution in [2.75, 3.05) is 0 Å². The molecule has 82 valence electrons. The van der Waals surface area contributed by atoms with Gasteiger partial charge in [-0.05, 0) is 33.7 Å². The van der Waals surface area contributed by atoms with Gasteiger partial charge in [0, 0.05) is 0 Å². The van der Waals surface area contributed by atoms with Crippen LogP contribution in [-0.2, 0) is 5.41 Å². The first-order chi connectivity index (χ1) is 6.86. The standard InChI is InChI=1S/C13H19NO/c1-9(2)11-7-6-10(13(3,4)5)8-12(11)14-15/h6-9H,1-5H3. The highest BCUT2D eigenvalue weighted by molar-refractivity contribution is 5.51. The summed E-state index contributed by atoms with van der Waals surface area (Å²) in [5, 5.41) is 3.12. The highest BCUT2D eigenvalue weighted by Gasteiger charge is 2.16. The first-order valence-electron chi connectivity index (χ1n) is 5.34. The summed E-state index contributed by atoms with van der Waals surface area (Å²) in [4.78, 5) is 10.8. The van der Waals surface area contributed by atoms with E-state index in [0.717, 1.165) is 11.1 Å². The molecule has 0 fully saturated rings. The molecule has 0 spiro atoms. The number of hydrogen-bond donors (Lipinski definition) is 0. The third-order valence-electron chi connectivity index (χ3n) is 2.62. The molecule has 0 heterocycles. The predicted molar refractivity (Wildman–Crippen MR) is 64.7 cm³/mol. The predicted octanol–water partition coefficient (Wildman–Crippen LogP) is 4.51. The van der Waals surface area contributed by atoms with E-state index < -0.39 is 0 Å². The van der Waals surface area contributed by atoms with Gasteiger partial charge in [0.1, 0.15) is 5.69 Å². The first-order valence-corrected chi connectivity index (χ1v) is 5.34. The fraction of sp³-hybridized carbons (Fsp3) is 0.538. The van der Waals surface area contributed by atoms with Gasteiger partial charge < -0.3 is 0 Å². The Morgan fingerprint density at radius 1 is 1.20 bits per heavy atom. The van der Waals surface area contributed by atoms with E-state index in [2.05, 4.69) is 45.9 Å². The molecule has 2 nitrogen and oxygen atoms in total. The van der Waals surface area contributed by atoms with Crippen molar-refractivity contribution in [3.05, 3.63) is 34.2 Å². The second-order valence-corrected chi connectivity index (χ2v) is 5.27. The van der Waals surface area contributed by atoms with Gasteiger partial charge in [-0.25, -0.2) is 0 Å². The number of nitrogens with zero attached hydrogens (tertiary/aromatic N) is 1. The van der Waals surface area contributed by atoms with Gasteiger partial charge in [-0.1, -0.05) is 46.8 Å². The molecule has 1 aromatic carbocycles. The van der Waals surface area contributed by atoms with E-state index in [1.54, 1.807) is 0 Å². The third-order valence-corrected chi connectivity index (χ3v) is 2.62. The van der Waals surface area contributed by atoms with Crippen LogP contribution in [0.3, 0.4) is 0 Å². The lowest BCUT2D eigenvalue weighted by atomic mass is 9.85. The summed E-state index contributed by atoms with van der Waals surface area (Å²) in [5.41, 5.74) is 2.83. The quantitative estimate of drug-likeness (QED) is 0.653. The van der Waals surface area contributed by atoms with Gasteiger partial charge in [0.2, 0.25) is 0 Å². The van der Waals surface area contributed by atoms with Crippen molar-refractivity contribution < 1.29 is 0 Å². The lowest BCUT2D eigenvalue weighted by molar-refractivity contribution is 0.590. The molecule has 1 rings (SSSR count). The van der Waals surface area contributed by atoms with Crippen LogP contribution < -0.4 is 0 Å². The van der Waals surface area contributed by atoms with Crippen molar-refractivity contribution in [1.82, 2.24) is 0 Å². The van der Waals surface area contributed by atoms with Crippen LogP contribution in [0, 0.1) is 4.91 Å². The lowest BCUT2D eigenvalue weighted by Crippen LogP contribution is -2.11. The number of hydrogen-bond acceptors (Lipinski definition) is 2. The average molecular weight is 205 g/mol. The van der Waals surface area contributed by atoms with Crippen LogP contribution in [0.2, 0.25) is 0 Å². The molecular formula is C13H19NO. The van der Waals surface area contributed by atoms with E-state index in [1.807, 2.05) is 12.1 Å². The maximum atomic E-state index is 10.8.